The van der Waals surface area contributed by atoms with Crippen molar-refractivity contribution in [3.63, 3.8) is 0 Å². The molecule has 2 saturated carbocycles. The minimum absolute atomic E-state index is 0.0996. The average Bonchev–Trinajstić information content (AvgIpc) is 3.18. The predicted octanol–water partition coefficient (Wildman–Crippen LogP) is 3.55. The zero-order valence-corrected chi connectivity index (χ0v) is 16.6. The molecule has 2 aliphatic rings. The summed E-state index contributed by atoms with van der Waals surface area (Å²) in [5, 5.41) is 16.4. The first-order valence-corrected chi connectivity index (χ1v) is 10.3. The van der Waals surface area contributed by atoms with Gasteiger partial charge >= 0.3 is 0 Å². The monoisotopic (exact) mass is 379 g/mol. The molecule has 25 heavy (non-hydrogen) atoms. The first-order valence-electron chi connectivity index (χ1n) is 8.54. The fraction of sp³-hybridized carbons (Fsp3) is 0.647. The maximum absolute atomic E-state index is 12.1. The van der Waals surface area contributed by atoms with Crippen molar-refractivity contribution < 1.29 is 4.79 Å². The van der Waals surface area contributed by atoms with E-state index in [2.05, 4.69) is 53.4 Å². The molecule has 2 fully saturated rings. The van der Waals surface area contributed by atoms with Crippen molar-refractivity contribution in [2.24, 2.45) is 21.8 Å². The summed E-state index contributed by atoms with van der Waals surface area (Å²) in [6, 6.07) is 0. The molecule has 1 amide bonds. The van der Waals surface area contributed by atoms with Crippen molar-refractivity contribution in [3.8, 4) is 0 Å². The van der Waals surface area contributed by atoms with E-state index in [0.717, 1.165) is 21.6 Å². The number of amides is 1. The summed E-state index contributed by atoms with van der Waals surface area (Å²) >= 11 is 2.81. The van der Waals surface area contributed by atoms with Gasteiger partial charge in [-0.05, 0) is 30.6 Å². The van der Waals surface area contributed by atoms with Gasteiger partial charge in [-0.2, -0.15) is 5.10 Å². The Kier molecular flexibility index (Phi) is 5.20. The number of rotatable bonds is 7. The largest absolute Gasteiger partial charge is 0.357 e. The van der Waals surface area contributed by atoms with Gasteiger partial charge in [0.1, 0.15) is 0 Å². The van der Waals surface area contributed by atoms with Crippen LogP contribution in [0.15, 0.2) is 22.1 Å². The highest BCUT2D eigenvalue weighted by Gasteiger charge is 2.59. The molecule has 2 unspecified atom stereocenters. The molecule has 1 aromatic heterocycles. The van der Waals surface area contributed by atoms with Crippen molar-refractivity contribution in [3.05, 3.63) is 12.7 Å². The Morgan fingerprint density at radius 2 is 2.28 bits per heavy atom. The summed E-state index contributed by atoms with van der Waals surface area (Å²) in [4.78, 5) is 12.1. The topological polar surface area (TPSA) is 79.3 Å². The second-order valence-corrected chi connectivity index (χ2v) is 9.62. The molecule has 2 bridgehead atoms. The molecular weight excluding hydrogens is 354 g/mol. The molecule has 0 aromatic carbocycles. The Balaban J connectivity index is 1.50. The average molecular weight is 380 g/mol. The molecule has 136 valence electrons. The number of fused-ring (bicyclic) bond motifs is 2. The second-order valence-electron chi connectivity index (χ2n) is 7.42. The zero-order chi connectivity index (χ0) is 18.1. The highest BCUT2D eigenvalue weighted by atomic mass is 32.2. The van der Waals surface area contributed by atoms with Crippen LogP contribution < -0.4 is 10.7 Å². The van der Waals surface area contributed by atoms with Crippen molar-refractivity contribution in [2.45, 2.75) is 44.4 Å². The third kappa shape index (κ3) is 3.46. The minimum atomic E-state index is -0.0996. The van der Waals surface area contributed by atoms with Crippen LogP contribution in [0.4, 0.5) is 5.13 Å². The molecule has 6 nitrogen and oxygen atoms in total. The third-order valence-corrected chi connectivity index (χ3v) is 7.97. The number of thioether (sulfide) groups is 1. The number of anilines is 1. The van der Waals surface area contributed by atoms with E-state index in [1.165, 1.54) is 35.9 Å². The Bertz CT molecular complexity index is 699. The standard InChI is InChI=1S/C17H25N5OS2/c1-5-8-18-14-21-22-15(25-14)24-10-13(23)20-19-12-9-11-6-7-17(12,4)16(11,2)3/h5,11H,1,6-10H2,2-4H3,(H,18,21)(H,20,23)/b19-12-. The van der Waals surface area contributed by atoms with Gasteiger partial charge in [0.05, 0.1) is 5.75 Å². The first kappa shape index (κ1) is 18.4. The van der Waals surface area contributed by atoms with E-state index in [-0.39, 0.29) is 22.5 Å². The SMILES string of the molecule is C=CCNc1nnc(SCC(=O)N/N=C2/CC3CCC2(C)C3(C)C)s1. The Morgan fingerprint density at radius 3 is 2.92 bits per heavy atom. The lowest BCUT2D eigenvalue weighted by atomic mass is 9.70. The van der Waals surface area contributed by atoms with E-state index >= 15 is 0 Å². The van der Waals surface area contributed by atoms with Crippen LogP contribution in [-0.4, -0.2) is 34.1 Å². The number of aromatic nitrogens is 2. The lowest BCUT2D eigenvalue weighted by molar-refractivity contribution is -0.118. The Hall–Kier alpha value is -1.41. The minimum Gasteiger partial charge on any atom is -0.357 e. The van der Waals surface area contributed by atoms with Crippen LogP contribution >= 0.6 is 23.1 Å². The number of hydrogen-bond donors (Lipinski definition) is 2. The molecule has 0 spiro atoms. The van der Waals surface area contributed by atoms with Gasteiger partial charge in [0.25, 0.3) is 5.91 Å². The van der Waals surface area contributed by atoms with Gasteiger partial charge in [0.15, 0.2) is 4.34 Å². The van der Waals surface area contributed by atoms with E-state index in [1.807, 2.05) is 0 Å². The summed E-state index contributed by atoms with van der Waals surface area (Å²) in [5.41, 5.74) is 4.28. The molecule has 2 N–H and O–H groups in total. The number of carbonyl (C=O) groups is 1. The predicted molar refractivity (Wildman–Crippen MR) is 104 cm³/mol. The molecule has 1 heterocycles. The normalized spacial score (nSPS) is 28.3. The fourth-order valence-corrected chi connectivity index (χ4v) is 5.44. The van der Waals surface area contributed by atoms with Crippen molar-refractivity contribution in [1.29, 1.82) is 0 Å². The van der Waals surface area contributed by atoms with Crippen molar-refractivity contribution >= 4 is 39.8 Å². The van der Waals surface area contributed by atoms with E-state index in [1.54, 1.807) is 6.08 Å². The van der Waals surface area contributed by atoms with Crippen LogP contribution in [0.1, 0.15) is 40.0 Å². The van der Waals surface area contributed by atoms with Crippen LogP contribution in [0.5, 0.6) is 0 Å². The molecule has 0 radical (unpaired) electrons. The molecule has 2 aliphatic carbocycles. The molecule has 0 saturated heterocycles. The van der Waals surface area contributed by atoms with Gasteiger partial charge in [0.2, 0.25) is 5.13 Å². The molecule has 3 rings (SSSR count). The lowest BCUT2D eigenvalue weighted by Gasteiger charge is -2.34. The van der Waals surface area contributed by atoms with Gasteiger partial charge in [0, 0.05) is 17.7 Å². The third-order valence-electron chi connectivity index (χ3n) is 5.96. The number of hydrazone groups is 1. The first-order chi connectivity index (χ1) is 11.9. The molecule has 0 aliphatic heterocycles. The number of carbonyl (C=O) groups excluding carboxylic acids is 1. The van der Waals surface area contributed by atoms with Crippen LogP contribution in [-0.2, 0) is 4.79 Å². The van der Waals surface area contributed by atoms with Crippen LogP contribution in [0.3, 0.4) is 0 Å². The number of hydrogen-bond acceptors (Lipinski definition) is 7. The molecule has 1 aromatic rings. The van der Waals surface area contributed by atoms with Gasteiger partial charge in [-0.15, -0.1) is 16.8 Å². The smallest absolute Gasteiger partial charge is 0.250 e. The summed E-state index contributed by atoms with van der Waals surface area (Å²) in [5.74, 6) is 0.874. The van der Waals surface area contributed by atoms with Crippen LogP contribution in [0.2, 0.25) is 0 Å². The van der Waals surface area contributed by atoms with Crippen molar-refractivity contribution in [1.82, 2.24) is 15.6 Å². The summed E-state index contributed by atoms with van der Waals surface area (Å²) in [6.45, 7) is 11.2. The molecule has 8 heteroatoms. The van der Waals surface area contributed by atoms with Gasteiger partial charge < -0.3 is 5.32 Å². The second kappa shape index (κ2) is 7.07. The maximum atomic E-state index is 12.1. The van der Waals surface area contributed by atoms with E-state index in [9.17, 15) is 4.79 Å². The van der Waals surface area contributed by atoms with Gasteiger partial charge in [-0.1, -0.05) is 49.9 Å². The van der Waals surface area contributed by atoms with Gasteiger partial charge in [-0.3, -0.25) is 4.79 Å². The van der Waals surface area contributed by atoms with Gasteiger partial charge in [-0.25, -0.2) is 5.43 Å². The number of nitrogens with one attached hydrogen (secondary N) is 2. The van der Waals surface area contributed by atoms with Crippen LogP contribution in [0.25, 0.3) is 0 Å². The maximum Gasteiger partial charge on any atom is 0.250 e. The Morgan fingerprint density at radius 1 is 1.48 bits per heavy atom. The quantitative estimate of drug-likeness (QED) is 0.430. The fourth-order valence-electron chi connectivity index (χ4n) is 3.89. The van der Waals surface area contributed by atoms with Crippen LogP contribution in [0, 0.1) is 16.7 Å². The Labute approximate surface area is 157 Å². The molecule has 2 atom stereocenters. The number of nitrogens with zero attached hydrogens (tertiary/aromatic N) is 3. The molecular formula is C17H25N5OS2. The highest BCUT2D eigenvalue weighted by molar-refractivity contribution is 8.01. The van der Waals surface area contributed by atoms with E-state index < -0.39 is 0 Å². The summed E-state index contributed by atoms with van der Waals surface area (Å²) in [7, 11) is 0. The summed E-state index contributed by atoms with van der Waals surface area (Å²) in [6.07, 6.45) is 5.20. The zero-order valence-electron chi connectivity index (χ0n) is 15.0. The van der Waals surface area contributed by atoms with E-state index in [0.29, 0.717) is 12.5 Å². The van der Waals surface area contributed by atoms with E-state index in [4.69, 9.17) is 0 Å². The lowest BCUT2D eigenvalue weighted by Crippen LogP contribution is -2.34. The summed E-state index contributed by atoms with van der Waals surface area (Å²) < 4.78 is 0.766. The van der Waals surface area contributed by atoms with Crippen molar-refractivity contribution in [2.75, 3.05) is 17.6 Å². The highest BCUT2D eigenvalue weighted by Crippen LogP contribution is 2.63.